The molecule has 1 spiro atoms. The summed E-state index contributed by atoms with van der Waals surface area (Å²) in [7, 11) is 0. The number of amides is 1. The van der Waals surface area contributed by atoms with Crippen molar-refractivity contribution in [2.24, 2.45) is 5.92 Å². The predicted octanol–water partition coefficient (Wildman–Crippen LogP) is 2.77. The molecule has 3 heterocycles. The predicted molar refractivity (Wildman–Crippen MR) is 102 cm³/mol. The molecule has 1 aromatic carbocycles. The summed E-state index contributed by atoms with van der Waals surface area (Å²) < 4.78 is 12.0. The average Bonchev–Trinajstić information content (AvgIpc) is 3.07. The van der Waals surface area contributed by atoms with Crippen molar-refractivity contribution in [3.05, 3.63) is 65.5 Å². The zero-order valence-electron chi connectivity index (χ0n) is 15.8. The number of benzene rings is 1. The van der Waals surface area contributed by atoms with Crippen molar-refractivity contribution in [2.45, 2.75) is 32.0 Å². The Bertz CT molecular complexity index is 787. The van der Waals surface area contributed by atoms with Gasteiger partial charge in [0.25, 0.3) is 0 Å². The Hall–Kier alpha value is -2.24. The average molecular weight is 366 g/mol. The van der Waals surface area contributed by atoms with Gasteiger partial charge in [-0.2, -0.15) is 0 Å². The number of pyridine rings is 1. The van der Waals surface area contributed by atoms with Crippen LogP contribution in [-0.4, -0.2) is 47.7 Å². The Kier molecular flexibility index (Phi) is 5.23. The second kappa shape index (κ2) is 7.79. The Labute approximate surface area is 160 Å². The van der Waals surface area contributed by atoms with E-state index in [2.05, 4.69) is 18.0 Å². The van der Waals surface area contributed by atoms with Crippen molar-refractivity contribution < 1.29 is 14.3 Å². The van der Waals surface area contributed by atoms with Crippen molar-refractivity contribution in [1.29, 1.82) is 0 Å². The maximum absolute atomic E-state index is 12.6. The Morgan fingerprint density at radius 3 is 2.81 bits per heavy atom. The molecule has 0 aliphatic carbocycles. The van der Waals surface area contributed by atoms with Crippen LogP contribution in [0.15, 0.2) is 48.8 Å². The highest BCUT2D eigenvalue weighted by molar-refractivity contribution is 5.80. The van der Waals surface area contributed by atoms with Crippen LogP contribution in [-0.2, 0) is 27.3 Å². The molecule has 27 heavy (non-hydrogen) atoms. The number of carbonyl (C=O) groups excluding carboxylic acids is 1. The van der Waals surface area contributed by atoms with Crippen LogP contribution < -0.4 is 0 Å². The van der Waals surface area contributed by atoms with E-state index in [0.717, 1.165) is 24.2 Å². The fraction of sp³-hybridized carbons (Fsp3) is 0.455. The SMILES string of the molecule is Cc1ccccc1CC(=O)N1CC2(C1)OCCC2COCc1ccncc1. The van der Waals surface area contributed by atoms with Crippen LogP contribution in [0.3, 0.4) is 0 Å². The summed E-state index contributed by atoms with van der Waals surface area (Å²) in [6.45, 7) is 5.43. The van der Waals surface area contributed by atoms with E-state index in [-0.39, 0.29) is 11.5 Å². The smallest absolute Gasteiger partial charge is 0.227 e. The third-order valence-electron chi connectivity index (χ3n) is 5.81. The molecule has 2 aromatic rings. The van der Waals surface area contributed by atoms with Gasteiger partial charge in [-0.15, -0.1) is 0 Å². The lowest BCUT2D eigenvalue weighted by Gasteiger charge is -2.50. The number of carbonyl (C=O) groups is 1. The molecule has 0 bridgehead atoms. The molecule has 1 unspecified atom stereocenters. The van der Waals surface area contributed by atoms with Gasteiger partial charge in [0, 0.05) is 24.9 Å². The van der Waals surface area contributed by atoms with Crippen molar-refractivity contribution >= 4 is 5.91 Å². The highest BCUT2D eigenvalue weighted by Gasteiger charge is 2.54. The van der Waals surface area contributed by atoms with Crippen LogP contribution in [0.25, 0.3) is 0 Å². The minimum atomic E-state index is -0.209. The molecule has 0 saturated carbocycles. The Morgan fingerprint density at radius 2 is 2.04 bits per heavy atom. The molecule has 0 radical (unpaired) electrons. The number of aryl methyl sites for hydroxylation is 1. The molecule has 2 aliphatic heterocycles. The van der Waals surface area contributed by atoms with Crippen LogP contribution in [0.5, 0.6) is 0 Å². The van der Waals surface area contributed by atoms with Gasteiger partial charge in [-0.05, 0) is 42.2 Å². The third-order valence-corrected chi connectivity index (χ3v) is 5.81. The number of nitrogens with zero attached hydrogens (tertiary/aromatic N) is 2. The molecule has 5 nitrogen and oxygen atoms in total. The van der Waals surface area contributed by atoms with Gasteiger partial charge >= 0.3 is 0 Å². The Morgan fingerprint density at radius 1 is 1.26 bits per heavy atom. The van der Waals surface area contributed by atoms with E-state index in [0.29, 0.717) is 38.6 Å². The quantitative estimate of drug-likeness (QED) is 0.789. The molecule has 0 N–H and O–H groups in total. The summed E-state index contributed by atoms with van der Waals surface area (Å²) in [6.07, 6.45) is 5.02. The molecular weight excluding hydrogens is 340 g/mol. The fourth-order valence-electron chi connectivity index (χ4n) is 4.03. The minimum absolute atomic E-state index is 0.182. The van der Waals surface area contributed by atoms with E-state index in [9.17, 15) is 4.79 Å². The lowest BCUT2D eigenvalue weighted by molar-refractivity contribution is -0.168. The van der Waals surface area contributed by atoms with E-state index < -0.39 is 0 Å². The van der Waals surface area contributed by atoms with Crippen molar-refractivity contribution in [2.75, 3.05) is 26.3 Å². The second-order valence-corrected chi connectivity index (χ2v) is 7.62. The number of rotatable bonds is 6. The van der Waals surface area contributed by atoms with Crippen LogP contribution in [0, 0.1) is 12.8 Å². The van der Waals surface area contributed by atoms with E-state index in [1.165, 1.54) is 5.56 Å². The fourth-order valence-corrected chi connectivity index (χ4v) is 4.03. The minimum Gasteiger partial charge on any atom is -0.376 e. The molecule has 5 heteroatoms. The third kappa shape index (κ3) is 3.89. The normalized spacial score (nSPS) is 20.6. The topological polar surface area (TPSA) is 51.7 Å². The number of aromatic nitrogens is 1. The number of hydrogen-bond donors (Lipinski definition) is 0. The summed E-state index contributed by atoms with van der Waals surface area (Å²) in [5, 5.41) is 0. The highest BCUT2D eigenvalue weighted by atomic mass is 16.5. The lowest BCUT2D eigenvalue weighted by Crippen LogP contribution is -2.66. The van der Waals surface area contributed by atoms with Crippen LogP contribution in [0.4, 0.5) is 0 Å². The summed E-state index contributed by atoms with van der Waals surface area (Å²) in [4.78, 5) is 18.6. The summed E-state index contributed by atoms with van der Waals surface area (Å²) in [5.41, 5.74) is 3.19. The van der Waals surface area contributed by atoms with Gasteiger partial charge in [0.2, 0.25) is 5.91 Å². The first kappa shape index (κ1) is 18.1. The van der Waals surface area contributed by atoms with Gasteiger partial charge in [0.15, 0.2) is 0 Å². The maximum atomic E-state index is 12.6. The number of hydrogen-bond acceptors (Lipinski definition) is 4. The van der Waals surface area contributed by atoms with Gasteiger partial charge in [0.1, 0.15) is 5.60 Å². The molecule has 1 amide bonds. The number of likely N-dealkylation sites (tertiary alicyclic amines) is 1. The lowest BCUT2D eigenvalue weighted by atomic mass is 9.81. The van der Waals surface area contributed by atoms with Crippen molar-refractivity contribution in [3.63, 3.8) is 0 Å². The molecule has 4 rings (SSSR count). The summed E-state index contributed by atoms with van der Waals surface area (Å²) in [6, 6.07) is 12.0. The first-order valence-corrected chi connectivity index (χ1v) is 9.59. The van der Waals surface area contributed by atoms with Gasteiger partial charge < -0.3 is 14.4 Å². The first-order chi connectivity index (χ1) is 13.2. The largest absolute Gasteiger partial charge is 0.376 e. The van der Waals surface area contributed by atoms with Crippen molar-refractivity contribution in [3.8, 4) is 0 Å². The Balaban J connectivity index is 1.28. The van der Waals surface area contributed by atoms with Gasteiger partial charge in [-0.25, -0.2) is 0 Å². The highest BCUT2D eigenvalue weighted by Crippen LogP contribution is 2.40. The van der Waals surface area contributed by atoms with Crippen LogP contribution in [0.2, 0.25) is 0 Å². The molecule has 1 aromatic heterocycles. The number of ether oxygens (including phenoxy) is 2. The molecular formula is C22H26N2O3. The molecule has 1 atom stereocenters. The van der Waals surface area contributed by atoms with E-state index in [1.54, 1.807) is 12.4 Å². The maximum Gasteiger partial charge on any atom is 0.227 e. The van der Waals surface area contributed by atoms with E-state index in [4.69, 9.17) is 9.47 Å². The zero-order chi connectivity index (χ0) is 18.7. The monoisotopic (exact) mass is 366 g/mol. The summed E-state index contributed by atoms with van der Waals surface area (Å²) >= 11 is 0. The molecule has 142 valence electrons. The standard InChI is InChI=1S/C22H26N2O3/c1-17-4-2-3-5-19(17)12-21(25)24-15-22(16-24)20(8-11-27-22)14-26-13-18-6-9-23-10-7-18/h2-7,9-10,20H,8,11-16H2,1H3. The van der Waals surface area contributed by atoms with Gasteiger partial charge in [-0.3, -0.25) is 9.78 Å². The summed E-state index contributed by atoms with van der Waals surface area (Å²) in [5.74, 6) is 0.531. The van der Waals surface area contributed by atoms with Crippen LogP contribution in [0.1, 0.15) is 23.1 Å². The first-order valence-electron chi connectivity index (χ1n) is 9.59. The zero-order valence-corrected chi connectivity index (χ0v) is 15.8. The van der Waals surface area contributed by atoms with Crippen LogP contribution >= 0.6 is 0 Å². The molecule has 2 saturated heterocycles. The van der Waals surface area contributed by atoms with E-state index in [1.807, 2.05) is 35.2 Å². The van der Waals surface area contributed by atoms with Gasteiger partial charge in [0.05, 0.1) is 32.7 Å². The molecule has 2 fully saturated rings. The second-order valence-electron chi connectivity index (χ2n) is 7.62. The van der Waals surface area contributed by atoms with E-state index >= 15 is 0 Å². The molecule has 2 aliphatic rings. The van der Waals surface area contributed by atoms with Gasteiger partial charge in [-0.1, -0.05) is 24.3 Å². The van der Waals surface area contributed by atoms with Crippen molar-refractivity contribution in [1.82, 2.24) is 9.88 Å².